The zero-order valence-corrected chi connectivity index (χ0v) is 22.7. The van der Waals surface area contributed by atoms with E-state index >= 15 is 0 Å². The summed E-state index contributed by atoms with van der Waals surface area (Å²) in [6, 6.07) is 34.2. The van der Waals surface area contributed by atoms with Crippen molar-refractivity contribution < 1.29 is 4.79 Å². The molecule has 38 heavy (non-hydrogen) atoms. The van der Waals surface area contributed by atoms with Gasteiger partial charge in [0, 0.05) is 41.8 Å². The second kappa shape index (κ2) is 12.1. The molecule has 1 aliphatic rings. The van der Waals surface area contributed by atoms with Gasteiger partial charge in [0.25, 0.3) is 0 Å². The predicted molar refractivity (Wildman–Crippen MR) is 156 cm³/mol. The van der Waals surface area contributed by atoms with Crippen LogP contribution in [0.2, 0.25) is 10.0 Å². The van der Waals surface area contributed by atoms with Gasteiger partial charge >= 0.3 is 0 Å². The number of piperazine rings is 1. The molecule has 1 atom stereocenters. The summed E-state index contributed by atoms with van der Waals surface area (Å²) in [6.07, 6.45) is 0.490. The number of rotatable bonds is 7. The van der Waals surface area contributed by atoms with E-state index in [2.05, 4.69) is 53.4 Å². The van der Waals surface area contributed by atoms with Gasteiger partial charge in [0.1, 0.15) is 0 Å². The van der Waals surface area contributed by atoms with Crippen LogP contribution in [0.3, 0.4) is 0 Å². The van der Waals surface area contributed by atoms with Crippen LogP contribution in [0.15, 0.2) is 103 Å². The standard InChI is InChI=1S/C32H31Cl2N3O/c33-27-15-16-28(29(34)22-27)24-13-11-23(12-14-24)21-30(35)32(38)37-19-17-36(18-20-37)31(25-7-3-1-4-8-25)26-9-5-2-6-10-26/h1-16,22,30-31H,17-21,35H2. The summed E-state index contributed by atoms with van der Waals surface area (Å²) in [6.45, 7) is 2.92. The zero-order chi connectivity index (χ0) is 26.5. The van der Waals surface area contributed by atoms with Crippen LogP contribution >= 0.6 is 23.2 Å². The van der Waals surface area contributed by atoms with Crippen molar-refractivity contribution in [3.05, 3.63) is 130 Å². The number of hydrogen-bond donors (Lipinski definition) is 1. The summed E-state index contributed by atoms with van der Waals surface area (Å²) in [4.78, 5) is 17.6. The van der Waals surface area contributed by atoms with E-state index in [9.17, 15) is 4.79 Å². The third-order valence-corrected chi connectivity index (χ3v) is 7.74. The van der Waals surface area contributed by atoms with E-state index in [1.807, 2.05) is 53.4 Å². The molecule has 1 aliphatic heterocycles. The van der Waals surface area contributed by atoms with Gasteiger partial charge in [-0.15, -0.1) is 0 Å². The first-order valence-corrected chi connectivity index (χ1v) is 13.7. The fraction of sp³-hybridized carbons (Fsp3) is 0.219. The normalized spacial score (nSPS) is 15.0. The van der Waals surface area contributed by atoms with Gasteiger partial charge in [-0.05, 0) is 40.8 Å². The molecule has 4 nitrogen and oxygen atoms in total. The lowest BCUT2D eigenvalue weighted by Gasteiger charge is -2.40. The Labute approximate surface area is 234 Å². The van der Waals surface area contributed by atoms with E-state index in [1.54, 1.807) is 6.07 Å². The average molecular weight is 545 g/mol. The molecule has 0 saturated carbocycles. The Hall–Kier alpha value is -3.15. The van der Waals surface area contributed by atoms with Crippen LogP contribution in [-0.4, -0.2) is 47.9 Å². The highest BCUT2D eigenvalue weighted by Gasteiger charge is 2.30. The summed E-state index contributed by atoms with van der Waals surface area (Å²) in [5.41, 5.74) is 11.9. The van der Waals surface area contributed by atoms with Gasteiger partial charge in [-0.2, -0.15) is 0 Å². The first kappa shape index (κ1) is 26.5. The van der Waals surface area contributed by atoms with Crippen LogP contribution in [0.5, 0.6) is 0 Å². The highest BCUT2D eigenvalue weighted by Crippen LogP contribution is 2.31. The Balaban J connectivity index is 1.21. The number of nitrogens with zero attached hydrogens (tertiary/aromatic N) is 2. The molecule has 1 heterocycles. The minimum atomic E-state index is -0.578. The summed E-state index contributed by atoms with van der Waals surface area (Å²) >= 11 is 12.4. The Morgan fingerprint density at radius 3 is 1.89 bits per heavy atom. The third kappa shape index (κ3) is 6.11. The Morgan fingerprint density at radius 2 is 1.34 bits per heavy atom. The van der Waals surface area contributed by atoms with Crippen molar-refractivity contribution in [2.75, 3.05) is 26.2 Å². The molecule has 0 radical (unpaired) electrons. The second-order valence-corrected chi connectivity index (χ2v) is 10.6. The lowest BCUT2D eigenvalue weighted by atomic mass is 9.96. The largest absolute Gasteiger partial charge is 0.339 e. The molecule has 194 valence electrons. The molecule has 0 aliphatic carbocycles. The molecule has 4 aromatic rings. The molecule has 1 unspecified atom stereocenters. The Morgan fingerprint density at radius 1 is 0.763 bits per heavy atom. The maximum Gasteiger partial charge on any atom is 0.239 e. The van der Waals surface area contributed by atoms with Gasteiger partial charge in [-0.3, -0.25) is 9.69 Å². The van der Waals surface area contributed by atoms with Crippen molar-refractivity contribution in [2.24, 2.45) is 5.73 Å². The predicted octanol–water partition coefficient (Wildman–Crippen LogP) is 6.46. The minimum absolute atomic E-state index is 0.00504. The van der Waals surface area contributed by atoms with Crippen LogP contribution in [-0.2, 0) is 11.2 Å². The van der Waals surface area contributed by atoms with Crippen molar-refractivity contribution in [3.8, 4) is 11.1 Å². The molecule has 6 heteroatoms. The molecule has 0 spiro atoms. The van der Waals surface area contributed by atoms with Crippen molar-refractivity contribution >= 4 is 29.1 Å². The topological polar surface area (TPSA) is 49.6 Å². The van der Waals surface area contributed by atoms with Crippen LogP contribution in [0.4, 0.5) is 0 Å². The van der Waals surface area contributed by atoms with E-state index in [0.29, 0.717) is 29.6 Å². The summed E-state index contributed by atoms with van der Waals surface area (Å²) < 4.78 is 0. The highest BCUT2D eigenvalue weighted by atomic mass is 35.5. The molecule has 0 aromatic heterocycles. The molecule has 4 aromatic carbocycles. The van der Waals surface area contributed by atoms with Crippen LogP contribution in [0.1, 0.15) is 22.7 Å². The molecule has 1 fully saturated rings. The van der Waals surface area contributed by atoms with Crippen molar-refractivity contribution in [2.45, 2.75) is 18.5 Å². The lowest BCUT2D eigenvalue weighted by Crippen LogP contribution is -2.54. The fourth-order valence-corrected chi connectivity index (χ4v) is 5.72. The summed E-state index contributed by atoms with van der Waals surface area (Å²) in [7, 11) is 0. The van der Waals surface area contributed by atoms with Gasteiger partial charge in [0.2, 0.25) is 5.91 Å². The minimum Gasteiger partial charge on any atom is -0.339 e. The average Bonchev–Trinajstić information content (AvgIpc) is 2.95. The van der Waals surface area contributed by atoms with Crippen molar-refractivity contribution in [1.82, 2.24) is 9.80 Å². The lowest BCUT2D eigenvalue weighted by molar-refractivity contribution is -0.134. The van der Waals surface area contributed by atoms with Gasteiger partial charge in [0.05, 0.1) is 12.1 Å². The van der Waals surface area contributed by atoms with Gasteiger partial charge in [0.15, 0.2) is 0 Å². The number of amides is 1. The van der Waals surface area contributed by atoms with Gasteiger partial charge in [-0.1, -0.05) is 114 Å². The molecule has 1 amide bonds. The first-order valence-electron chi connectivity index (χ1n) is 12.9. The Bertz CT molecular complexity index is 1320. The summed E-state index contributed by atoms with van der Waals surface area (Å²) in [5.74, 6) is 0.00504. The van der Waals surface area contributed by atoms with Gasteiger partial charge in [-0.25, -0.2) is 0 Å². The summed E-state index contributed by atoms with van der Waals surface area (Å²) in [5, 5.41) is 1.22. The van der Waals surface area contributed by atoms with Crippen molar-refractivity contribution in [3.63, 3.8) is 0 Å². The van der Waals surface area contributed by atoms with E-state index in [0.717, 1.165) is 29.8 Å². The number of carbonyl (C=O) groups is 1. The fourth-order valence-electron chi connectivity index (χ4n) is 5.20. The Kier molecular flexibility index (Phi) is 8.45. The molecule has 0 bridgehead atoms. The number of carbonyl (C=O) groups excluding carboxylic acids is 1. The number of benzene rings is 4. The SMILES string of the molecule is NC(Cc1ccc(-c2ccc(Cl)cc2Cl)cc1)C(=O)N1CCN(C(c2ccccc2)c2ccccc2)CC1. The molecule has 2 N–H and O–H groups in total. The maximum absolute atomic E-state index is 13.2. The molecule has 5 rings (SSSR count). The van der Waals surface area contributed by atoms with E-state index in [1.165, 1.54) is 11.1 Å². The maximum atomic E-state index is 13.2. The first-order chi connectivity index (χ1) is 18.5. The van der Waals surface area contributed by atoms with E-state index < -0.39 is 6.04 Å². The highest BCUT2D eigenvalue weighted by molar-refractivity contribution is 6.36. The van der Waals surface area contributed by atoms with E-state index in [4.69, 9.17) is 28.9 Å². The zero-order valence-electron chi connectivity index (χ0n) is 21.1. The molecular formula is C32H31Cl2N3O. The third-order valence-electron chi connectivity index (χ3n) is 7.19. The van der Waals surface area contributed by atoms with Crippen LogP contribution in [0, 0.1) is 0 Å². The van der Waals surface area contributed by atoms with Crippen molar-refractivity contribution in [1.29, 1.82) is 0 Å². The van der Waals surface area contributed by atoms with Crippen LogP contribution < -0.4 is 5.73 Å². The number of hydrogen-bond acceptors (Lipinski definition) is 3. The smallest absolute Gasteiger partial charge is 0.239 e. The molecular weight excluding hydrogens is 513 g/mol. The second-order valence-electron chi connectivity index (χ2n) is 9.72. The molecule has 1 saturated heterocycles. The number of halogens is 2. The quantitative estimate of drug-likeness (QED) is 0.290. The number of nitrogens with two attached hydrogens (primary N) is 1. The monoisotopic (exact) mass is 543 g/mol. The van der Waals surface area contributed by atoms with Crippen LogP contribution in [0.25, 0.3) is 11.1 Å². The van der Waals surface area contributed by atoms with Gasteiger partial charge < -0.3 is 10.6 Å². The van der Waals surface area contributed by atoms with E-state index in [-0.39, 0.29) is 11.9 Å².